The third-order valence-corrected chi connectivity index (χ3v) is 2.68. The van der Waals surface area contributed by atoms with Gasteiger partial charge < -0.3 is 11.1 Å². The molecule has 0 unspecified atom stereocenters. The van der Waals surface area contributed by atoms with Crippen molar-refractivity contribution >= 4 is 11.7 Å². The number of hydrogen-bond donors (Lipinski definition) is 2. The number of nitrogen functional groups attached to an aromatic ring is 1. The fourth-order valence-corrected chi connectivity index (χ4v) is 1.67. The van der Waals surface area contributed by atoms with Crippen molar-refractivity contribution in [3.05, 3.63) is 41.8 Å². The minimum absolute atomic E-state index is 0.0767. The third-order valence-electron chi connectivity index (χ3n) is 2.68. The number of hydrogen-bond acceptors (Lipinski definition) is 4. The lowest BCUT2D eigenvalue weighted by atomic mass is 10.2. The van der Waals surface area contributed by atoms with Crippen molar-refractivity contribution in [1.29, 1.82) is 0 Å². The van der Waals surface area contributed by atoms with E-state index in [-0.39, 0.29) is 28.9 Å². The second kappa shape index (κ2) is 6.10. The highest BCUT2D eigenvalue weighted by atomic mass is 19.1. The molecule has 20 heavy (non-hydrogen) atoms. The first-order chi connectivity index (χ1) is 9.61. The number of benzene rings is 1. The van der Waals surface area contributed by atoms with Gasteiger partial charge in [-0.05, 0) is 18.6 Å². The van der Waals surface area contributed by atoms with Gasteiger partial charge in [-0.25, -0.2) is 14.4 Å². The van der Waals surface area contributed by atoms with E-state index in [9.17, 15) is 9.18 Å². The molecular formula is C14H15FN4O. The minimum atomic E-state index is -0.380. The molecule has 1 aromatic heterocycles. The Morgan fingerprint density at radius 2 is 2.25 bits per heavy atom. The molecule has 0 aliphatic carbocycles. The number of nitrogens with zero attached hydrogens (tertiary/aromatic N) is 2. The average molecular weight is 274 g/mol. The van der Waals surface area contributed by atoms with Crippen LogP contribution < -0.4 is 11.1 Å². The van der Waals surface area contributed by atoms with Gasteiger partial charge in [-0.1, -0.05) is 19.1 Å². The molecule has 2 aromatic rings. The molecule has 6 heteroatoms. The first-order valence-electron chi connectivity index (χ1n) is 6.28. The summed E-state index contributed by atoms with van der Waals surface area (Å²) in [6.07, 6.45) is 2.18. The number of anilines is 1. The number of carbonyl (C=O) groups is 1. The molecule has 1 heterocycles. The molecule has 0 saturated carbocycles. The van der Waals surface area contributed by atoms with E-state index in [1.807, 2.05) is 6.92 Å². The zero-order valence-electron chi connectivity index (χ0n) is 11.1. The molecule has 2 rings (SSSR count). The first-order valence-corrected chi connectivity index (χ1v) is 6.28. The molecule has 104 valence electrons. The molecule has 5 nitrogen and oxygen atoms in total. The standard InChI is InChI=1S/C14H15FN4O/c1-2-6-17-14(20)11-8-18-13(19-12(11)16)9-4-3-5-10(15)7-9/h3-5,7-8H,2,6H2,1H3,(H,17,20)(H2,16,18,19). The summed E-state index contributed by atoms with van der Waals surface area (Å²) in [6.45, 7) is 2.51. The van der Waals surface area contributed by atoms with Crippen LogP contribution in [0.4, 0.5) is 10.2 Å². The zero-order chi connectivity index (χ0) is 14.5. The van der Waals surface area contributed by atoms with Gasteiger partial charge in [0.05, 0.1) is 5.56 Å². The number of aromatic nitrogens is 2. The van der Waals surface area contributed by atoms with Crippen molar-refractivity contribution in [3.8, 4) is 11.4 Å². The maximum atomic E-state index is 13.1. The lowest BCUT2D eigenvalue weighted by Crippen LogP contribution is -2.25. The van der Waals surface area contributed by atoms with Gasteiger partial charge in [-0.3, -0.25) is 4.79 Å². The topological polar surface area (TPSA) is 80.9 Å². The lowest BCUT2D eigenvalue weighted by molar-refractivity contribution is 0.0954. The van der Waals surface area contributed by atoms with Crippen LogP contribution in [0.3, 0.4) is 0 Å². The normalized spacial score (nSPS) is 10.3. The maximum Gasteiger partial charge on any atom is 0.256 e. The summed E-state index contributed by atoms with van der Waals surface area (Å²) in [5, 5.41) is 2.70. The highest BCUT2D eigenvalue weighted by molar-refractivity contribution is 5.98. The van der Waals surface area contributed by atoms with Crippen molar-refractivity contribution < 1.29 is 9.18 Å². The fourth-order valence-electron chi connectivity index (χ4n) is 1.67. The minimum Gasteiger partial charge on any atom is -0.383 e. The lowest BCUT2D eigenvalue weighted by Gasteiger charge is -2.07. The molecule has 0 atom stereocenters. The van der Waals surface area contributed by atoms with Gasteiger partial charge in [0.25, 0.3) is 5.91 Å². The molecule has 0 spiro atoms. The van der Waals surface area contributed by atoms with E-state index >= 15 is 0 Å². The number of nitrogens with two attached hydrogens (primary N) is 1. The van der Waals surface area contributed by atoms with Gasteiger partial charge in [-0.2, -0.15) is 0 Å². The Morgan fingerprint density at radius 1 is 1.45 bits per heavy atom. The van der Waals surface area contributed by atoms with Crippen LogP contribution in [-0.2, 0) is 0 Å². The molecule has 3 N–H and O–H groups in total. The Labute approximate surface area is 116 Å². The highest BCUT2D eigenvalue weighted by Crippen LogP contribution is 2.18. The number of rotatable bonds is 4. The predicted molar refractivity (Wildman–Crippen MR) is 74.5 cm³/mol. The van der Waals surface area contributed by atoms with Gasteiger partial charge >= 0.3 is 0 Å². The summed E-state index contributed by atoms with van der Waals surface area (Å²) >= 11 is 0. The van der Waals surface area contributed by atoms with Crippen molar-refractivity contribution in [2.24, 2.45) is 0 Å². The van der Waals surface area contributed by atoms with E-state index in [2.05, 4.69) is 15.3 Å². The summed E-state index contributed by atoms with van der Waals surface area (Å²) < 4.78 is 13.1. The Hall–Kier alpha value is -2.50. The smallest absolute Gasteiger partial charge is 0.256 e. The monoisotopic (exact) mass is 274 g/mol. The number of amides is 1. The van der Waals surface area contributed by atoms with Crippen LogP contribution in [0.2, 0.25) is 0 Å². The largest absolute Gasteiger partial charge is 0.383 e. The van der Waals surface area contributed by atoms with Crippen LogP contribution in [0.25, 0.3) is 11.4 Å². The fraction of sp³-hybridized carbons (Fsp3) is 0.214. The van der Waals surface area contributed by atoms with Gasteiger partial charge in [0.15, 0.2) is 5.82 Å². The van der Waals surface area contributed by atoms with Crippen LogP contribution in [0.15, 0.2) is 30.5 Å². The average Bonchev–Trinajstić information content (AvgIpc) is 2.44. The van der Waals surface area contributed by atoms with Crippen LogP contribution in [0.1, 0.15) is 23.7 Å². The molecule has 0 saturated heterocycles. The van der Waals surface area contributed by atoms with Gasteiger partial charge in [-0.15, -0.1) is 0 Å². The Morgan fingerprint density at radius 3 is 2.90 bits per heavy atom. The molecule has 1 aromatic carbocycles. The van der Waals surface area contributed by atoms with E-state index < -0.39 is 0 Å². The summed E-state index contributed by atoms with van der Waals surface area (Å²) in [6, 6.07) is 5.88. The third kappa shape index (κ3) is 3.09. The highest BCUT2D eigenvalue weighted by Gasteiger charge is 2.12. The Balaban J connectivity index is 2.28. The zero-order valence-corrected chi connectivity index (χ0v) is 11.1. The van der Waals surface area contributed by atoms with Crippen molar-refractivity contribution in [2.45, 2.75) is 13.3 Å². The Kier molecular flexibility index (Phi) is 4.24. The van der Waals surface area contributed by atoms with Crippen LogP contribution in [0.5, 0.6) is 0 Å². The quantitative estimate of drug-likeness (QED) is 0.893. The molecule has 0 bridgehead atoms. The first kappa shape index (κ1) is 13.9. The van der Waals surface area contributed by atoms with Crippen molar-refractivity contribution in [1.82, 2.24) is 15.3 Å². The number of carbonyl (C=O) groups excluding carboxylic acids is 1. The van der Waals surface area contributed by atoms with Crippen LogP contribution in [-0.4, -0.2) is 22.4 Å². The van der Waals surface area contributed by atoms with Gasteiger partial charge in [0, 0.05) is 18.3 Å². The summed E-state index contributed by atoms with van der Waals surface area (Å²) in [4.78, 5) is 19.9. The second-order valence-corrected chi connectivity index (χ2v) is 4.26. The van der Waals surface area contributed by atoms with Crippen molar-refractivity contribution in [3.63, 3.8) is 0 Å². The molecule has 0 aliphatic rings. The molecule has 1 amide bonds. The predicted octanol–water partition coefficient (Wildman–Crippen LogP) is 2.00. The summed E-state index contributed by atoms with van der Waals surface area (Å²) in [5.41, 5.74) is 6.50. The molecule has 0 radical (unpaired) electrons. The Bertz CT molecular complexity index is 630. The van der Waals surface area contributed by atoms with Crippen molar-refractivity contribution in [2.75, 3.05) is 12.3 Å². The molecule has 0 aliphatic heterocycles. The summed E-state index contributed by atoms with van der Waals surface area (Å²) in [7, 11) is 0. The van der Waals surface area contributed by atoms with E-state index in [1.54, 1.807) is 12.1 Å². The SMILES string of the molecule is CCCNC(=O)c1cnc(-c2cccc(F)c2)nc1N. The molecule has 0 fully saturated rings. The van der Waals surface area contributed by atoms with Gasteiger partial charge in [0.1, 0.15) is 11.6 Å². The second-order valence-electron chi connectivity index (χ2n) is 4.26. The van der Waals surface area contributed by atoms with E-state index in [0.717, 1.165) is 6.42 Å². The van der Waals surface area contributed by atoms with Gasteiger partial charge in [0.2, 0.25) is 0 Å². The maximum absolute atomic E-state index is 13.1. The molecular weight excluding hydrogens is 259 g/mol. The number of nitrogens with one attached hydrogen (secondary N) is 1. The van der Waals surface area contributed by atoms with E-state index in [0.29, 0.717) is 12.1 Å². The number of halogens is 1. The van der Waals surface area contributed by atoms with Crippen LogP contribution >= 0.6 is 0 Å². The summed E-state index contributed by atoms with van der Waals surface area (Å²) in [5.74, 6) is -0.327. The van der Waals surface area contributed by atoms with Crippen LogP contribution in [0, 0.1) is 5.82 Å². The van der Waals surface area contributed by atoms with E-state index in [1.165, 1.54) is 18.3 Å². The van der Waals surface area contributed by atoms with E-state index in [4.69, 9.17) is 5.73 Å².